The van der Waals surface area contributed by atoms with Crippen molar-refractivity contribution in [2.75, 3.05) is 6.61 Å². The Morgan fingerprint density at radius 1 is 1.17 bits per heavy atom. The number of aromatic nitrogens is 1. The predicted octanol–water partition coefficient (Wildman–Crippen LogP) is 3.06. The van der Waals surface area contributed by atoms with Crippen LogP contribution in [0, 0.1) is 18.4 Å². The van der Waals surface area contributed by atoms with Gasteiger partial charge in [0.15, 0.2) is 5.69 Å². The zero-order valence-corrected chi connectivity index (χ0v) is 9.63. The Morgan fingerprint density at radius 2 is 2.00 bits per heavy atom. The molecule has 1 heterocycles. The molecule has 0 bridgehead atoms. The van der Waals surface area contributed by atoms with Crippen LogP contribution in [-0.4, -0.2) is 11.6 Å². The van der Waals surface area contributed by atoms with Gasteiger partial charge in [-0.1, -0.05) is 24.1 Å². The first-order valence-corrected chi connectivity index (χ1v) is 5.39. The molecule has 0 aliphatic rings. The first-order chi connectivity index (χ1) is 8.88. The van der Waals surface area contributed by atoms with Crippen molar-refractivity contribution < 1.29 is 4.74 Å². The Bertz CT molecular complexity index is 601. The maximum atomic E-state index is 6.83. The third-order valence-electron chi connectivity index (χ3n) is 2.16. The molecule has 0 radical (unpaired) electrons. The molecule has 2 aromatic rings. The van der Waals surface area contributed by atoms with Crippen LogP contribution in [0.25, 0.3) is 4.85 Å². The fraction of sp³-hybridized carbons (Fsp3) is 0.0667. The summed E-state index contributed by atoms with van der Waals surface area (Å²) in [7, 11) is 0. The van der Waals surface area contributed by atoms with Crippen molar-refractivity contribution in [2.24, 2.45) is 0 Å². The summed E-state index contributed by atoms with van der Waals surface area (Å²) in [6.45, 7) is 7.13. The van der Waals surface area contributed by atoms with Crippen LogP contribution >= 0.6 is 0 Å². The number of rotatable bonds is 2. The molecule has 0 fully saturated rings. The van der Waals surface area contributed by atoms with E-state index in [-0.39, 0.29) is 0 Å². The lowest BCUT2D eigenvalue weighted by Crippen LogP contribution is -1.93. The number of hydrogen-bond acceptors (Lipinski definition) is 2. The molecule has 0 aliphatic carbocycles. The van der Waals surface area contributed by atoms with Gasteiger partial charge >= 0.3 is 0 Å². The van der Waals surface area contributed by atoms with E-state index in [1.165, 1.54) is 0 Å². The lowest BCUT2D eigenvalue weighted by atomic mass is 10.3. The van der Waals surface area contributed by atoms with Crippen molar-refractivity contribution in [3.05, 3.63) is 65.8 Å². The van der Waals surface area contributed by atoms with Gasteiger partial charge in [0.05, 0.1) is 6.57 Å². The number of ether oxygens (including phenoxy) is 1. The molecular formula is C15H10N2O. The summed E-state index contributed by atoms with van der Waals surface area (Å²) in [6, 6.07) is 12.5. The van der Waals surface area contributed by atoms with Crippen molar-refractivity contribution in [1.82, 2.24) is 4.98 Å². The molecule has 2 rings (SSSR count). The van der Waals surface area contributed by atoms with Gasteiger partial charge in [-0.05, 0) is 30.2 Å². The van der Waals surface area contributed by atoms with Crippen LogP contribution in [0.1, 0.15) is 5.69 Å². The molecular weight excluding hydrogens is 224 g/mol. The standard InChI is InChI=1S/C15H10N2O/c1-16-13-7-9-15(10-8-13)18-12-4-6-14-5-2-3-11-17-14/h2-3,5,7-11H,12H2. The molecule has 0 aliphatic heterocycles. The van der Waals surface area contributed by atoms with Crippen LogP contribution < -0.4 is 4.74 Å². The fourth-order valence-corrected chi connectivity index (χ4v) is 1.30. The molecule has 1 aromatic carbocycles. The smallest absolute Gasteiger partial charge is 0.187 e. The molecule has 3 nitrogen and oxygen atoms in total. The van der Waals surface area contributed by atoms with E-state index in [9.17, 15) is 0 Å². The molecule has 0 spiro atoms. The third kappa shape index (κ3) is 3.37. The van der Waals surface area contributed by atoms with E-state index in [0.717, 1.165) is 5.69 Å². The fourth-order valence-electron chi connectivity index (χ4n) is 1.30. The van der Waals surface area contributed by atoms with Crippen LogP contribution in [0.15, 0.2) is 48.7 Å². The lowest BCUT2D eigenvalue weighted by molar-refractivity contribution is 0.370. The van der Waals surface area contributed by atoms with Gasteiger partial charge in [-0.3, -0.25) is 0 Å². The molecule has 1 aromatic heterocycles. The highest BCUT2D eigenvalue weighted by atomic mass is 16.5. The van der Waals surface area contributed by atoms with Gasteiger partial charge in [-0.15, -0.1) is 0 Å². The molecule has 0 saturated carbocycles. The van der Waals surface area contributed by atoms with Gasteiger partial charge in [0.2, 0.25) is 0 Å². The Kier molecular flexibility index (Phi) is 3.95. The Hall–Kier alpha value is -2.78. The summed E-state index contributed by atoms with van der Waals surface area (Å²) < 4.78 is 5.42. The molecule has 0 saturated heterocycles. The van der Waals surface area contributed by atoms with Crippen molar-refractivity contribution in [2.45, 2.75) is 0 Å². The van der Waals surface area contributed by atoms with E-state index in [4.69, 9.17) is 11.3 Å². The second-order valence-electron chi connectivity index (χ2n) is 3.41. The number of hydrogen-bond donors (Lipinski definition) is 0. The van der Waals surface area contributed by atoms with Crippen molar-refractivity contribution in [1.29, 1.82) is 0 Å². The number of nitrogens with zero attached hydrogens (tertiary/aromatic N) is 2. The maximum absolute atomic E-state index is 6.83. The van der Waals surface area contributed by atoms with E-state index in [1.807, 2.05) is 18.2 Å². The summed E-state index contributed by atoms with van der Waals surface area (Å²) in [5.41, 5.74) is 1.33. The summed E-state index contributed by atoms with van der Waals surface area (Å²) in [5.74, 6) is 6.49. The van der Waals surface area contributed by atoms with Gasteiger partial charge in [-0.2, -0.15) is 0 Å². The highest BCUT2D eigenvalue weighted by Gasteiger charge is 1.92. The van der Waals surface area contributed by atoms with Gasteiger partial charge in [0.1, 0.15) is 18.1 Å². The minimum Gasteiger partial charge on any atom is -0.481 e. The summed E-state index contributed by atoms with van der Waals surface area (Å²) in [4.78, 5) is 7.39. The second kappa shape index (κ2) is 6.08. The maximum Gasteiger partial charge on any atom is 0.187 e. The summed E-state index contributed by atoms with van der Waals surface area (Å²) in [6.07, 6.45) is 1.70. The number of benzene rings is 1. The summed E-state index contributed by atoms with van der Waals surface area (Å²) in [5, 5.41) is 0. The quantitative estimate of drug-likeness (QED) is 0.589. The van der Waals surface area contributed by atoms with E-state index in [1.54, 1.807) is 30.5 Å². The highest BCUT2D eigenvalue weighted by molar-refractivity contribution is 5.47. The topological polar surface area (TPSA) is 26.5 Å². The normalized spacial score (nSPS) is 8.83. The Balaban J connectivity index is 1.89. The van der Waals surface area contributed by atoms with E-state index in [0.29, 0.717) is 18.0 Å². The Morgan fingerprint density at radius 3 is 2.67 bits per heavy atom. The van der Waals surface area contributed by atoms with Gasteiger partial charge < -0.3 is 4.74 Å². The van der Waals surface area contributed by atoms with Crippen LogP contribution in [0.5, 0.6) is 5.75 Å². The minimum absolute atomic E-state index is 0.300. The zero-order chi connectivity index (χ0) is 12.6. The second-order valence-corrected chi connectivity index (χ2v) is 3.41. The monoisotopic (exact) mass is 234 g/mol. The third-order valence-corrected chi connectivity index (χ3v) is 2.16. The molecule has 3 heteroatoms. The first kappa shape index (κ1) is 11.7. The Labute approximate surface area is 106 Å². The molecule has 0 amide bonds. The van der Waals surface area contributed by atoms with Crippen molar-refractivity contribution >= 4 is 5.69 Å². The van der Waals surface area contributed by atoms with E-state index >= 15 is 0 Å². The van der Waals surface area contributed by atoms with Crippen molar-refractivity contribution in [3.8, 4) is 17.6 Å². The van der Waals surface area contributed by atoms with Gasteiger partial charge in [0, 0.05) is 6.20 Å². The lowest BCUT2D eigenvalue weighted by Gasteiger charge is -2.00. The minimum atomic E-state index is 0.300. The predicted molar refractivity (Wildman–Crippen MR) is 69.3 cm³/mol. The van der Waals surface area contributed by atoms with Gasteiger partial charge in [0.25, 0.3) is 0 Å². The first-order valence-electron chi connectivity index (χ1n) is 5.39. The molecule has 86 valence electrons. The number of pyridine rings is 1. The van der Waals surface area contributed by atoms with Gasteiger partial charge in [-0.25, -0.2) is 9.83 Å². The molecule has 0 atom stereocenters. The molecule has 18 heavy (non-hydrogen) atoms. The zero-order valence-electron chi connectivity index (χ0n) is 9.63. The van der Waals surface area contributed by atoms with Crippen LogP contribution in [-0.2, 0) is 0 Å². The van der Waals surface area contributed by atoms with Crippen LogP contribution in [0.3, 0.4) is 0 Å². The molecule has 0 unspecified atom stereocenters. The SMILES string of the molecule is [C-]#[N+]c1ccc(OCC#Cc2ccccn2)cc1. The molecule has 0 N–H and O–H groups in total. The van der Waals surface area contributed by atoms with E-state index < -0.39 is 0 Å². The summed E-state index contributed by atoms with van der Waals surface area (Å²) >= 11 is 0. The van der Waals surface area contributed by atoms with Crippen molar-refractivity contribution in [3.63, 3.8) is 0 Å². The van der Waals surface area contributed by atoms with E-state index in [2.05, 4.69) is 21.7 Å². The van der Waals surface area contributed by atoms with Crippen LogP contribution in [0.4, 0.5) is 5.69 Å². The highest BCUT2D eigenvalue weighted by Crippen LogP contribution is 2.17. The van der Waals surface area contributed by atoms with Crippen LogP contribution in [0.2, 0.25) is 0 Å². The average Bonchev–Trinajstić information content (AvgIpc) is 2.45. The largest absolute Gasteiger partial charge is 0.481 e. The average molecular weight is 234 g/mol.